The zero-order valence-corrected chi connectivity index (χ0v) is 16.0. The summed E-state index contributed by atoms with van der Waals surface area (Å²) in [5.41, 5.74) is 2.24. The van der Waals surface area contributed by atoms with Crippen LogP contribution in [-0.2, 0) is 14.6 Å². The number of amides is 2. The Kier molecular flexibility index (Phi) is 4.69. The number of rotatable bonds is 2. The molecule has 1 N–H and O–H groups in total. The number of carbonyl (C=O) groups is 2. The Bertz CT molecular complexity index is 1030. The minimum Gasteiger partial charge on any atom is -0.465 e. The zero-order valence-electron chi connectivity index (χ0n) is 15.2. The molecule has 0 aromatic heterocycles. The molecular formula is C19H20N2O5S. The Morgan fingerprint density at radius 2 is 1.74 bits per heavy atom. The predicted molar refractivity (Wildman–Crippen MR) is 103 cm³/mol. The van der Waals surface area contributed by atoms with Crippen molar-refractivity contribution in [3.05, 3.63) is 42.5 Å². The van der Waals surface area contributed by atoms with Gasteiger partial charge < -0.3 is 10.0 Å². The van der Waals surface area contributed by atoms with E-state index in [0.717, 1.165) is 6.26 Å². The van der Waals surface area contributed by atoms with Crippen molar-refractivity contribution in [3.8, 4) is 11.1 Å². The molecule has 1 atom stereocenters. The Morgan fingerprint density at radius 3 is 2.33 bits per heavy atom. The van der Waals surface area contributed by atoms with Crippen LogP contribution in [-0.4, -0.2) is 44.4 Å². The van der Waals surface area contributed by atoms with Crippen molar-refractivity contribution in [2.24, 2.45) is 0 Å². The lowest BCUT2D eigenvalue weighted by Gasteiger charge is -2.39. The first kappa shape index (κ1) is 18.9. The molecule has 1 heterocycles. The van der Waals surface area contributed by atoms with Crippen molar-refractivity contribution in [2.75, 3.05) is 22.6 Å². The Hall–Kier alpha value is -2.87. The summed E-state index contributed by atoms with van der Waals surface area (Å²) in [6.07, 6.45) is 0.0328. The summed E-state index contributed by atoms with van der Waals surface area (Å²) in [4.78, 5) is 26.7. The topological polar surface area (TPSA) is 95.0 Å². The monoisotopic (exact) mass is 388 g/mol. The molecule has 0 spiro atoms. The van der Waals surface area contributed by atoms with E-state index in [2.05, 4.69) is 0 Å². The van der Waals surface area contributed by atoms with Crippen LogP contribution in [0.3, 0.4) is 0 Å². The van der Waals surface area contributed by atoms with Crippen LogP contribution in [0.25, 0.3) is 11.1 Å². The van der Waals surface area contributed by atoms with Gasteiger partial charge in [0.05, 0.1) is 22.3 Å². The second-order valence-electron chi connectivity index (χ2n) is 6.63. The third-order valence-electron chi connectivity index (χ3n) is 4.58. The molecule has 8 heteroatoms. The van der Waals surface area contributed by atoms with Crippen molar-refractivity contribution in [2.45, 2.75) is 24.8 Å². The maximum absolute atomic E-state index is 12.1. The highest BCUT2D eigenvalue weighted by Gasteiger charge is 2.33. The lowest BCUT2D eigenvalue weighted by Crippen LogP contribution is -2.51. The normalized spacial score (nSPS) is 16.8. The second-order valence-corrected chi connectivity index (χ2v) is 8.65. The number of benzene rings is 2. The highest BCUT2D eigenvalue weighted by Crippen LogP contribution is 2.39. The number of sulfone groups is 1. The molecule has 27 heavy (non-hydrogen) atoms. The van der Waals surface area contributed by atoms with E-state index >= 15 is 0 Å². The van der Waals surface area contributed by atoms with Crippen molar-refractivity contribution < 1.29 is 23.1 Å². The summed E-state index contributed by atoms with van der Waals surface area (Å²) in [6, 6.07) is 11.3. The minimum atomic E-state index is -3.36. The van der Waals surface area contributed by atoms with Crippen molar-refractivity contribution >= 4 is 33.2 Å². The van der Waals surface area contributed by atoms with Gasteiger partial charge in [-0.3, -0.25) is 9.69 Å². The molecule has 0 radical (unpaired) electrons. The van der Waals surface area contributed by atoms with Crippen LogP contribution in [0.4, 0.5) is 16.2 Å². The molecule has 2 aromatic carbocycles. The first-order valence-electron chi connectivity index (χ1n) is 8.34. The third-order valence-corrected chi connectivity index (χ3v) is 5.69. The van der Waals surface area contributed by atoms with Crippen molar-refractivity contribution in [1.82, 2.24) is 0 Å². The van der Waals surface area contributed by atoms with Gasteiger partial charge in [0.15, 0.2) is 9.84 Å². The van der Waals surface area contributed by atoms with Crippen LogP contribution in [0.2, 0.25) is 0 Å². The number of hydrogen-bond acceptors (Lipinski definition) is 4. The highest BCUT2D eigenvalue weighted by molar-refractivity contribution is 7.90. The average Bonchev–Trinajstić information content (AvgIpc) is 2.59. The molecule has 0 aliphatic carbocycles. The summed E-state index contributed by atoms with van der Waals surface area (Å²) in [6.45, 7) is 3.40. The number of carboxylic acid groups (broad SMARTS) is 1. The molecular weight excluding hydrogens is 368 g/mol. The average molecular weight is 388 g/mol. The maximum Gasteiger partial charge on any atom is 0.411 e. The van der Waals surface area contributed by atoms with E-state index < -0.39 is 15.9 Å². The van der Waals surface area contributed by atoms with Crippen LogP contribution in [0.5, 0.6) is 0 Å². The molecule has 1 aliphatic heterocycles. The maximum atomic E-state index is 12.1. The van der Waals surface area contributed by atoms with Crippen LogP contribution in [0.15, 0.2) is 47.4 Å². The van der Waals surface area contributed by atoms with E-state index in [4.69, 9.17) is 0 Å². The van der Waals surface area contributed by atoms with Gasteiger partial charge in [0, 0.05) is 19.7 Å². The van der Waals surface area contributed by atoms with Crippen LogP contribution < -0.4 is 9.80 Å². The van der Waals surface area contributed by atoms with Crippen molar-refractivity contribution in [1.29, 1.82) is 0 Å². The van der Waals surface area contributed by atoms with Crippen LogP contribution in [0.1, 0.15) is 13.8 Å². The highest BCUT2D eigenvalue weighted by atomic mass is 32.2. The molecule has 0 fully saturated rings. The fourth-order valence-electron chi connectivity index (χ4n) is 3.37. The summed E-state index contributed by atoms with van der Waals surface area (Å²) in [5.74, 6) is -0.166. The van der Waals surface area contributed by atoms with E-state index in [1.807, 2.05) is 0 Å². The Balaban J connectivity index is 2.16. The first-order chi connectivity index (χ1) is 12.6. The van der Waals surface area contributed by atoms with E-state index in [9.17, 15) is 23.1 Å². The quantitative estimate of drug-likeness (QED) is 0.853. The van der Waals surface area contributed by atoms with E-state index in [1.165, 1.54) is 17.9 Å². The molecule has 0 saturated heterocycles. The van der Waals surface area contributed by atoms with E-state index in [-0.39, 0.29) is 23.4 Å². The van der Waals surface area contributed by atoms with Gasteiger partial charge >= 0.3 is 6.09 Å². The number of hydrogen-bond donors (Lipinski definition) is 1. The SMILES string of the molecule is CC(=O)N1c2ccc(-c3cccc(S(C)(=O)=O)c3)cc2N(C(=O)O)C[C@@H]1C. The number of nitrogens with zero attached hydrogens (tertiary/aromatic N) is 2. The number of fused-ring (bicyclic) bond motifs is 1. The summed E-state index contributed by atoms with van der Waals surface area (Å²) in [7, 11) is -3.36. The minimum absolute atomic E-state index is 0.161. The molecule has 2 amide bonds. The molecule has 0 unspecified atom stereocenters. The summed E-state index contributed by atoms with van der Waals surface area (Å²) < 4.78 is 23.6. The third kappa shape index (κ3) is 3.52. The fourth-order valence-corrected chi connectivity index (χ4v) is 4.04. The molecule has 0 bridgehead atoms. The van der Waals surface area contributed by atoms with Gasteiger partial charge in [0.25, 0.3) is 0 Å². The second kappa shape index (κ2) is 6.70. The van der Waals surface area contributed by atoms with Crippen LogP contribution in [0, 0.1) is 0 Å². The smallest absolute Gasteiger partial charge is 0.411 e. The fraction of sp³-hybridized carbons (Fsp3) is 0.263. The molecule has 3 rings (SSSR count). The van der Waals surface area contributed by atoms with Gasteiger partial charge in [-0.1, -0.05) is 18.2 Å². The van der Waals surface area contributed by atoms with Crippen LogP contribution >= 0.6 is 0 Å². The Morgan fingerprint density at radius 1 is 1.07 bits per heavy atom. The predicted octanol–water partition coefficient (Wildman–Crippen LogP) is 3.00. The van der Waals surface area contributed by atoms with E-state index in [0.29, 0.717) is 22.5 Å². The van der Waals surface area contributed by atoms with Gasteiger partial charge in [0.2, 0.25) is 5.91 Å². The molecule has 2 aromatic rings. The molecule has 0 saturated carbocycles. The van der Waals surface area contributed by atoms with Gasteiger partial charge in [-0.2, -0.15) is 0 Å². The number of anilines is 2. The first-order valence-corrected chi connectivity index (χ1v) is 10.2. The lowest BCUT2D eigenvalue weighted by molar-refractivity contribution is -0.117. The molecule has 142 valence electrons. The lowest BCUT2D eigenvalue weighted by atomic mass is 10.0. The molecule has 1 aliphatic rings. The summed E-state index contributed by atoms with van der Waals surface area (Å²) >= 11 is 0. The van der Waals surface area contributed by atoms with Gasteiger partial charge in [0.1, 0.15) is 0 Å². The molecule has 7 nitrogen and oxygen atoms in total. The van der Waals surface area contributed by atoms with Gasteiger partial charge in [-0.15, -0.1) is 0 Å². The number of carbonyl (C=O) groups excluding carboxylic acids is 1. The largest absolute Gasteiger partial charge is 0.465 e. The van der Waals surface area contributed by atoms with E-state index in [1.54, 1.807) is 48.2 Å². The zero-order chi connectivity index (χ0) is 19.9. The van der Waals surface area contributed by atoms with Gasteiger partial charge in [-0.25, -0.2) is 13.2 Å². The van der Waals surface area contributed by atoms with Crippen molar-refractivity contribution in [3.63, 3.8) is 0 Å². The Labute approximate surface area is 157 Å². The van der Waals surface area contributed by atoms with Gasteiger partial charge in [-0.05, 0) is 42.3 Å². The summed E-state index contributed by atoms with van der Waals surface area (Å²) in [5, 5.41) is 9.58. The standard InChI is InChI=1S/C19H20N2O5S/c1-12-11-20(19(23)24)18-10-15(7-8-17(18)21(12)13(2)22)14-5-4-6-16(9-14)27(3,25)26/h4-10,12H,11H2,1-3H3,(H,23,24)/t12-/m0/s1.